The van der Waals surface area contributed by atoms with Crippen LogP contribution in [-0.2, 0) is 44.9 Å². The predicted octanol–water partition coefficient (Wildman–Crippen LogP) is 3.21. The summed E-state index contributed by atoms with van der Waals surface area (Å²) in [6, 6.07) is 14.8. The average Bonchev–Trinajstić information content (AvgIpc) is 3.35. The lowest BCUT2D eigenvalue weighted by molar-refractivity contribution is -0.142. The van der Waals surface area contributed by atoms with Crippen LogP contribution < -0.4 is 15.4 Å². The van der Waals surface area contributed by atoms with E-state index in [0.29, 0.717) is 11.3 Å². The van der Waals surface area contributed by atoms with Gasteiger partial charge in [0.25, 0.3) is 5.91 Å². The van der Waals surface area contributed by atoms with Crippen molar-refractivity contribution in [2.45, 2.75) is 50.6 Å². The van der Waals surface area contributed by atoms with Crippen molar-refractivity contribution in [1.82, 2.24) is 20.5 Å². The number of Topliss-reactive ketones (excluding diaryl/α,β-unsaturated/α-hetero) is 1. The lowest BCUT2D eigenvalue weighted by Crippen LogP contribution is -2.53. The number of pyridine rings is 1. The molecule has 3 aromatic rings. The van der Waals surface area contributed by atoms with Crippen molar-refractivity contribution in [3.05, 3.63) is 95.3 Å². The average molecular weight is 583 g/mol. The molecule has 2 heterocycles. The van der Waals surface area contributed by atoms with E-state index in [1.54, 1.807) is 54.7 Å². The molecule has 0 radical (unpaired) electrons. The maximum Gasteiger partial charge on any atom is 0.416 e. The molecule has 0 saturated carbocycles. The van der Waals surface area contributed by atoms with Gasteiger partial charge in [0, 0.05) is 24.6 Å². The zero-order valence-corrected chi connectivity index (χ0v) is 22.7. The summed E-state index contributed by atoms with van der Waals surface area (Å²) in [6.07, 6.45) is -3.25. The molecule has 1 fully saturated rings. The van der Waals surface area contributed by atoms with E-state index in [1.807, 2.05) is 0 Å². The number of rotatable bonds is 11. The quantitative estimate of drug-likeness (QED) is 0.336. The fraction of sp³-hybridized carbons (Fsp3) is 0.300. The number of hydrogen-bond acceptors (Lipinski definition) is 6. The van der Waals surface area contributed by atoms with Crippen LogP contribution in [0.5, 0.6) is 5.75 Å². The number of carbonyl (C=O) groups excluding carboxylic acids is 4. The van der Waals surface area contributed by atoms with Gasteiger partial charge in [-0.25, -0.2) is 0 Å². The number of ether oxygens (including phenoxy) is 1. The maximum atomic E-state index is 13.8. The monoisotopic (exact) mass is 582 g/mol. The van der Waals surface area contributed by atoms with Crippen LogP contribution in [0.4, 0.5) is 13.2 Å². The number of nitrogens with zero attached hydrogens (tertiary/aromatic N) is 2. The number of aromatic nitrogens is 1. The summed E-state index contributed by atoms with van der Waals surface area (Å²) in [4.78, 5) is 57.4. The van der Waals surface area contributed by atoms with Crippen molar-refractivity contribution in [2.75, 3.05) is 7.11 Å². The Morgan fingerprint density at radius 2 is 1.79 bits per heavy atom. The molecule has 1 aromatic heterocycles. The summed E-state index contributed by atoms with van der Waals surface area (Å²) in [5, 5.41) is 5.09. The van der Waals surface area contributed by atoms with E-state index in [-0.39, 0.29) is 37.1 Å². The van der Waals surface area contributed by atoms with Crippen LogP contribution in [0.25, 0.3) is 0 Å². The van der Waals surface area contributed by atoms with E-state index >= 15 is 0 Å². The van der Waals surface area contributed by atoms with Crippen molar-refractivity contribution < 1.29 is 37.1 Å². The Balaban J connectivity index is 1.54. The van der Waals surface area contributed by atoms with Gasteiger partial charge >= 0.3 is 6.18 Å². The van der Waals surface area contributed by atoms with E-state index in [2.05, 4.69) is 15.6 Å². The van der Waals surface area contributed by atoms with Crippen molar-refractivity contribution in [1.29, 1.82) is 0 Å². The molecule has 0 spiro atoms. The van der Waals surface area contributed by atoms with Gasteiger partial charge in [-0.1, -0.05) is 42.5 Å². The van der Waals surface area contributed by atoms with Gasteiger partial charge in [0.05, 0.1) is 31.5 Å². The summed E-state index contributed by atoms with van der Waals surface area (Å²) in [5.41, 5.74) is -0.0809. The third kappa shape index (κ3) is 7.31. The number of amides is 3. The molecular weight excluding hydrogens is 553 g/mol. The lowest BCUT2D eigenvalue weighted by Gasteiger charge is -2.28. The normalized spacial score (nSPS) is 15.7. The highest BCUT2D eigenvalue weighted by Gasteiger charge is 2.41. The fourth-order valence-electron chi connectivity index (χ4n) is 4.81. The van der Waals surface area contributed by atoms with E-state index in [9.17, 15) is 32.3 Å². The molecule has 2 aromatic carbocycles. The first-order valence-electron chi connectivity index (χ1n) is 13.2. The molecule has 12 heteroatoms. The third-order valence-electron chi connectivity index (χ3n) is 6.91. The Hall–Kier alpha value is -4.74. The van der Waals surface area contributed by atoms with Crippen molar-refractivity contribution in [3.63, 3.8) is 0 Å². The van der Waals surface area contributed by atoms with Gasteiger partial charge in [-0.3, -0.25) is 24.2 Å². The van der Waals surface area contributed by atoms with Crippen LogP contribution >= 0.6 is 0 Å². The largest absolute Gasteiger partial charge is 0.496 e. The Morgan fingerprint density at radius 1 is 1.05 bits per heavy atom. The highest BCUT2D eigenvalue weighted by molar-refractivity contribution is 6.38. The summed E-state index contributed by atoms with van der Waals surface area (Å²) in [5.74, 6) is -3.21. The Labute approximate surface area is 240 Å². The first kappa shape index (κ1) is 30.2. The van der Waals surface area contributed by atoms with Gasteiger partial charge in [-0.05, 0) is 36.2 Å². The molecule has 9 nitrogen and oxygen atoms in total. The molecule has 2 atom stereocenters. The topological polar surface area (TPSA) is 118 Å². The minimum absolute atomic E-state index is 0.0111. The molecule has 0 aliphatic carbocycles. The molecule has 2 N–H and O–H groups in total. The molecule has 3 amide bonds. The number of alkyl halides is 3. The van der Waals surface area contributed by atoms with Gasteiger partial charge in [0.1, 0.15) is 17.8 Å². The second kappa shape index (κ2) is 13.3. The van der Waals surface area contributed by atoms with E-state index < -0.39 is 53.9 Å². The van der Waals surface area contributed by atoms with E-state index in [4.69, 9.17) is 4.74 Å². The highest BCUT2D eigenvalue weighted by Crippen LogP contribution is 2.37. The van der Waals surface area contributed by atoms with Gasteiger partial charge < -0.3 is 20.3 Å². The number of halogens is 3. The van der Waals surface area contributed by atoms with Gasteiger partial charge in [-0.2, -0.15) is 13.2 Å². The van der Waals surface area contributed by atoms with Gasteiger partial charge in [0.15, 0.2) is 0 Å². The van der Waals surface area contributed by atoms with Crippen molar-refractivity contribution in [3.8, 4) is 5.75 Å². The Kier molecular flexibility index (Phi) is 9.56. The predicted molar refractivity (Wildman–Crippen MR) is 145 cm³/mol. The molecule has 1 aliphatic rings. The number of ketones is 1. The Morgan fingerprint density at radius 3 is 2.45 bits per heavy atom. The van der Waals surface area contributed by atoms with Crippen LogP contribution in [0, 0.1) is 0 Å². The maximum absolute atomic E-state index is 13.8. The zero-order valence-electron chi connectivity index (χ0n) is 22.7. The summed E-state index contributed by atoms with van der Waals surface area (Å²) in [7, 11) is 1.22. The molecule has 42 heavy (non-hydrogen) atoms. The fourth-order valence-corrected chi connectivity index (χ4v) is 4.81. The molecule has 4 rings (SSSR count). The smallest absolute Gasteiger partial charge is 0.416 e. The second-order valence-electron chi connectivity index (χ2n) is 9.68. The molecule has 0 bridgehead atoms. The van der Waals surface area contributed by atoms with Crippen LogP contribution in [0.15, 0.2) is 72.9 Å². The summed E-state index contributed by atoms with van der Waals surface area (Å²) >= 11 is 0. The number of benzene rings is 2. The summed E-state index contributed by atoms with van der Waals surface area (Å²) < 4.78 is 46.5. The van der Waals surface area contributed by atoms with Crippen molar-refractivity contribution in [2.24, 2.45) is 0 Å². The number of hydrogen-bond donors (Lipinski definition) is 2. The first-order valence-corrected chi connectivity index (χ1v) is 13.2. The van der Waals surface area contributed by atoms with Crippen LogP contribution in [0.3, 0.4) is 0 Å². The number of methoxy groups -OCH3 is 1. The molecule has 1 saturated heterocycles. The minimum atomic E-state index is -4.72. The molecule has 1 unspecified atom stereocenters. The first-order chi connectivity index (χ1) is 20.1. The minimum Gasteiger partial charge on any atom is -0.496 e. The number of likely N-dealkylation sites (tertiary alicyclic amines) is 1. The lowest BCUT2D eigenvalue weighted by atomic mass is 10.0. The van der Waals surface area contributed by atoms with Gasteiger partial charge in [-0.15, -0.1) is 0 Å². The van der Waals surface area contributed by atoms with Gasteiger partial charge in [0.2, 0.25) is 17.6 Å². The van der Waals surface area contributed by atoms with E-state index in [0.717, 1.165) is 11.0 Å². The third-order valence-corrected chi connectivity index (χ3v) is 6.91. The SMILES string of the molecule is COc1cccc(C(F)(F)F)c1CN1C(=O)CCC1C(=O)N[C@@H](Cc1ccccc1)C(=O)C(=O)NCc1ccccn1. The second-order valence-corrected chi connectivity index (χ2v) is 9.68. The number of nitrogens with one attached hydrogen (secondary N) is 2. The Bertz CT molecular complexity index is 1430. The van der Waals surface area contributed by atoms with Crippen LogP contribution in [0.2, 0.25) is 0 Å². The molecule has 1 aliphatic heterocycles. The van der Waals surface area contributed by atoms with Crippen LogP contribution in [0.1, 0.15) is 35.2 Å². The summed E-state index contributed by atoms with van der Waals surface area (Å²) in [6.45, 7) is -0.541. The molecule has 220 valence electrons. The van der Waals surface area contributed by atoms with E-state index in [1.165, 1.54) is 19.2 Å². The molecular formula is C30H29F3N4O5. The zero-order chi connectivity index (χ0) is 30.3. The van der Waals surface area contributed by atoms with Crippen molar-refractivity contribution >= 4 is 23.5 Å². The highest BCUT2D eigenvalue weighted by atomic mass is 19.4. The standard InChI is InChI=1S/C30H29F3N4O5/c1-42-25-12-7-11-22(30(31,32)33)21(25)18-37-24(13-14-26(37)38)28(40)36-23(16-19-8-3-2-4-9-19)27(39)29(41)35-17-20-10-5-6-15-34-20/h2-12,15,23-24H,13-14,16-18H2,1H3,(H,35,41)(H,36,40)/t23-,24?/m0/s1. The van der Waals surface area contributed by atoms with Crippen LogP contribution in [-0.4, -0.2) is 52.6 Å². The number of carbonyl (C=O) groups is 4.